The smallest absolute Gasteiger partial charge is 0.422 e. The number of hydrogen-bond acceptors (Lipinski definition) is 8. The van der Waals surface area contributed by atoms with E-state index in [4.69, 9.17) is 23.7 Å². The Balaban J connectivity index is 1.68. The molecule has 0 saturated carbocycles. The Hall–Kier alpha value is -2.32. The Morgan fingerprint density at radius 1 is 1.13 bits per heavy atom. The van der Waals surface area contributed by atoms with Gasteiger partial charge in [0.15, 0.2) is 6.10 Å². The van der Waals surface area contributed by atoms with E-state index in [0.717, 1.165) is 31.4 Å². The van der Waals surface area contributed by atoms with Crippen LogP contribution >= 0.6 is 0 Å². The number of rotatable bonds is 10. The monoisotopic (exact) mass is 421 g/mol. The van der Waals surface area contributed by atoms with Gasteiger partial charge in [-0.2, -0.15) is 0 Å². The van der Waals surface area contributed by atoms with Crippen molar-refractivity contribution in [1.82, 2.24) is 4.90 Å². The van der Waals surface area contributed by atoms with E-state index in [1.165, 1.54) is 0 Å². The molecule has 2 unspecified atom stereocenters. The average molecular weight is 421 g/mol. The summed E-state index contributed by atoms with van der Waals surface area (Å²) < 4.78 is 27.9. The molecule has 8 nitrogen and oxygen atoms in total. The zero-order valence-corrected chi connectivity index (χ0v) is 17.9. The van der Waals surface area contributed by atoms with Crippen LogP contribution in [0.15, 0.2) is 24.3 Å². The number of piperidine rings is 1. The van der Waals surface area contributed by atoms with Crippen molar-refractivity contribution in [3.05, 3.63) is 24.3 Å². The first-order chi connectivity index (χ1) is 14.5. The van der Waals surface area contributed by atoms with Gasteiger partial charge < -0.3 is 23.7 Å². The molecule has 2 aliphatic rings. The molecular formula is C22H31NO7. The molecule has 2 saturated heterocycles. The van der Waals surface area contributed by atoms with Crippen molar-refractivity contribution in [2.24, 2.45) is 5.92 Å². The molecule has 3 rings (SSSR count). The van der Waals surface area contributed by atoms with E-state index in [1.807, 2.05) is 29.2 Å². The highest BCUT2D eigenvalue weighted by molar-refractivity contribution is 6.31. The number of ether oxygens (including phenoxy) is 5. The van der Waals surface area contributed by atoms with Crippen LogP contribution < -0.4 is 9.47 Å². The molecule has 2 atom stereocenters. The number of hydrogen-bond donors (Lipinski definition) is 0. The normalized spacial score (nSPS) is 23.3. The third-order valence-electron chi connectivity index (χ3n) is 5.73. The number of unbranched alkanes of at least 4 members (excludes halogenated alkanes) is 2. The van der Waals surface area contributed by atoms with Gasteiger partial charge in [0.05, 0.1) is 13.7 Å². The largest absolute Gasteiger partial charge is 0.497 e. The Morgan fingerprint density at radius 2 is 1.87 bits per heavy atom. The van der Waals surface area contributed by atoms with Gasteiger partial charge in [-0.05, 0) is 37.3 Å². The fourth-order valence-electron chi connectivity index (χ4n) is 4.20. The van der Waals surface area contributed by atoms with E-state index in [9.17, 15) is 9.59 Å². The maximum atomic E-state index is 11.9. The minimum atomic E-state index is -1.49. The Labute approximate surface area is 177 Å². The molecular weight excluding hydrogens is 390 g/mol. The van der Waals surface area contributed by atoms with Gasteiger partial charge in [-0.15, -0.1) is 0 Å². The van der Waals surface area contributed by atoms with Gasteiger partial charge in [-0.25, -0.2) is 14.5 Å². The van der Waals surface area contributed by atoms with Crippen LogP contribution in [0.25, 0.3) is 0 Å². The minimum absolute atomic E-state index is 0.00160. The number of nitrogens with zero attached hydrogens (tertiary/aromatic N) is 1. The van der Waals surface area contributed by atoms with Gasteiger partial charge >= 0.3 is 17.8 Å². The lowest BCUT2D eigenvalue weighted by atomic mass is 9.87. The van der Waals surface area contributed by atoms with Gasteiger partial charge in [0, 0.05) is 26.3 Å². The van der Waals surface area contributed by atoms with Crippen LogP contribution in [0.3, 0.4) is 0 Å². The third-order valence-corrected chi connectivity index (χ3v) is 5.73. The quantitative estimate of drug-likeness (QED) is 0.324. The summed E-state index contributed by atoms with van der Waals surface area (Å²) in [6, 6.07) is 7.42. The first kappa shape index (κ1) is 22.4. The zero-order chi connectivity index (χ0) is 21.6. The maximum Gasteiger partial charge on any atom is 0.422 e. The lowest BCUT2D eigenvalue weighted by Crippen LogP contribution is -2.65. The average Bonchev–Trinajstić information content (AvgIpc) is 3.04. The van der Waals surface area contributed by atoms with Crippen LogP contribution in [0.1, 0.15) is 39.0 Å². The molecule has 8 heteroatoms. The summed E-state index contributed by atoms with van der Waals surface area (Å²) in [5, 5.41) is 0. The number of methoxy groups -OCH3 is 2. The van der Waals surface area contributed by atoms with Crippen LogP contribution in [0.5, 0.6) is 11.5 Å². The van der Waals surface area contributed by atoms with Crippen molar-refractivity contribution in [3.8, 4) is 11.5 Å². The van der Waals surface area contributed by atoms with Gasteiger partial charge in [-0.1, -0.05) is 25.8 Å². The van der Waals surface area contributed by atoms with Gasteiger partial charge in [-0.3, -0.25) is 0 Å². The number of carbonyl (C=O) groups is 2. The van der Waals surface area contributed by atoms with Crippen molar-refractivity contribution >= 4 is 11.9 Å². The molecule has 2 fully saturated rings. The second-order valence-electron chi connectivity index (χ2n) is 7.63. The Morgan fingerprint density at radius 3 is 2.53 bits per heavy atom. The van der Waals surface area contributed by atoms with Crippen LogP contribution in [0, 0.1) is 5.92 Å². The molecule has 0 amide bonds. The summed E-state index contributed by atoms with van der Waals surface area (Å²) >= 11 is 0. The molecule has 2 aliphatic heterocycles. The summed E-state index contributed by atoms with van der Waals surface area (Å²) in [5.74, 6) is -1.98. The standard InChI is InChI=1S/C22H31NO7/c1-4-5-6-12-23-13-10-16(11-14-28-18-9-7-8-17(15-18)26-2)19(27-3)22(23)29-20(24)21(25)30-22/h7-9,15-16,19H,4-6,10-14H2,1-3H3. The predicted octanol–water partition coefficient (Wildman–Crippen LogP) is 2.75. The summed E-state index contributed by atoms with van der Waals surface area (Å²) in [7, 11) is 3.16. The van der Waals surface area contributed by atoms with Gasteiger partial charge in [0.1, 0.15) is 11.5 Å². The topological polar surface area (TPSA) is 83.5 Å². The van der Waals surface area contributed by atoms with E-state index >= 15 is 0 Å². The number of carbonyl (C=O) groups excluding carboxylic acids is 2. The molecule has 1 spiro atoms. The van der Waals surface area contributed by atoms with Crippen molar-refractivity contribution in [3.63, 3.8) is 0 Å². The molecule has 1 aromatic carbocycles. The highest BCUT2D eigenvalue weighted by Gasteiger charge is 2.62. The third kappa shape index (κ3) is 4.70. The fraction of sp³-hybridized carbons (Fsp3) is 0.636. The minimum Gasteiger partial charge on any atom is -0.497 e. The molecule has 0 bridgehead atoms. The molecule has 2 heterocycles. The zero-order valence-electron chi connectivity index (χ0n) is 17.9. The number of esters is 2. The molecule has 30 heavy (non-hydrogen) atoms. The molecule has 166 valence electrons. The summed E-state index contributed by atoms with van der Waals surface area (Å²) in [6.45, 7) is 3.89. The number of benzene rings is 1. The first-order valence-electron chi connectivity index (χ1n) is 10.5. The van der Waals surface area contributed by atoms with Crippen LogP contribution in [0.2, 0.25) is 0 Å². The molecule has 0 aliphatic carbocycles. The van der Waals surface area contributed by atoms with E-state index in [2.05, 4.69) is 6.92 Å². The highest BCUT2D eigenvalue weighted by Crippen LogP contribution is 2.41. The van der Waals surface area contributed by atoms with Crippen LogP contribution in [-0.4, -0.2) is 62.8 Å². The van der Waals surface area contributed by atoms with E-state index < -0.39 is 24.0 Å². The van der Waals surface area contributed by atoms with E-state index in [-0.39, 0.29) is 5.92 Å². The molecule has 0 aromatic heterocycles. The second kappa shape index (κ2) is 10.1. The predicted molar refractivity (Wildman–Crippen MR) is 108 cm³/mol. The van der Waals surface area contributed by atoms with Crippen molar-refractivity contribution in [1.29, 1.82) is 0 Å². The molecule has 0 N–H and O–H groups in total. The van der Waals surface area contributed by atoms with Crippen molar-refractivity contribution in [2.45, 2.75) is 51.0 Å². The number of likely N-dealkylation sites (tertiary alicyclic amines) is 1. The molecule has 1 aromatic rings. The maximum absolute atomic E-state index is 11.9. The van der Waals surface area contributed by atoms with Gasteiger partial charge in [0.2, 0.25) is 0 Å². The Kier molecular flexibility index (Phi) is 7.55. The Bertz CT molecular complexity index is 722. The van der Waals surface area contributed by atoms with Crippen molar-refractivity contribution < 1.29 is 33.3 Å². The SMILES string of the molecule is CCCCCN1CCC(CCOc2cccc(OC)c2)C(OC)C12OC(=O)C(=O)O2. The van der Waals surface area contributed by atoms with Crippen molar-refractivity contribution in [2.75, 3.05) is 33.9 Å². The summed E-state index contributed by atoms with van der Waals surface area (Å²) in [6.07, 6.45) is 3.94. The lowest BCUT2D eigenvalue weighted by molar-refractivity contribution is -0.322. The van der Waals surface area contributed by atoms with E-state index in [1.54, 1.807) is 14.2 Å². The van der Waals surface area contributed by atoms with E-state index in [0.29, 0.717) is 31.9 Å². The summed E-state index contributed by atoms with van der Waals surface area (Å²) in [5.41, 5.74) is 0. The highest BCUT2D eigenvalue weighted by atomic mass is 16.8. The molecule has 0 radical (unpaired) electrons. The summed E-state index contributed by atoms with van der Waals surface area (Å²) in [4.78, 5) is 25.8. The lowest BCUT2D eigenvalue weighted by Gasteiger charge is -2.48. The van der Waals surface area contributed by atoms with Gasteiger partial charge in [0.25, 0.3) is 0 Å². The fourth-order valence-corrected chi connectivity index (χ4v) is 4.20. The van der Waals surface area contributed by atoms with Crippen LogP contribution in [-0.2, 0) is 23.8 Å². The van der Waals surface area contributed by atoms with Crippen LogP contribution in [0.4, 0.5) is 0 Å². The second-order valence-corrected chi connectivity index (χ2v) is 7.63. The first-order valence-corrected chi connectivity index (χ1v) is 10.5.